The average molecular weight is 457 g/mol. The fourth-order valence-corrected chi connectivity index (χ4v) is 4.44. The predicted molar refractivity (Wildman–Crippen MR) is 114 cm³/mol. The van der Waals surface area contributed by atoms with Crippen LogP contribution >= 0.6 is 22.9 Å². The summed E-state index contributed by atoms with van der Waals surface area (Å²) in [5.74, 6) is -2.76. The highest BCUT2D eigenvalue weighted by atomic mass is 35.5. The van der Waals surface area contributed by atoms with Gasteiger partial charge in [-0.15, -0.1) is 11.3 Å². The Morgan fingerprint density at radius 2 is 1.77 bits per heavy atom. The molecule has 160 valence electrons. The van der Waals surface area contributed by atoms with Gasteiger partial charge in [-0.2, -0.15) is 13.2 Å². The minimum Gasteiger partial charge on any atom is -0.475 e. The summed E-state index contributed by atoms with van der Waals surface area (Å²) in [6.07, 6.45) is -5.08. The van der Waals surface area contributed by atoms with Crippen molar-refractivity contribution in [1.82, 2.24) is 10.2 Å². The molecular formula is C21H20ClF3N2O2S. The van der Waals surface area contributed by atoms with Crippen LogP contribution in [-0.4, -0.2) is 48.3 Å². The molecule has 0 unspecified atom stereocenters. The molecule has 0 bridgehead atoms. The van der Waals surface area contributed by atoms with Gasteiger partial charge in [0.25, 0.3) is 0 Å². The molecule has 0 radical (unpaired) electrons. The van der Waals surface area contributed by atoms with Gasteiger partial charge in [0.05, 0.1) is 9.72 Å². The number of rotatable bonds is 3. The molecule has 4 nitrogen and oxygen atoms in total. The molecule has 30 heavy (non-hydrogen) atoms. The fraction of sp³-hybridized carbons (Fsp3) is 0.286. The molecule has 0 saturated carbocycles. The molecule has 2 N–H and O–H groups in total. The Labute approximate surface area is 180 Å². The molecule has 1 aromatic heterocycles. The van der Waals surface area contributed by atoms with Gasteiger partial charge in [0.1, 0.15) is 0 Å². The number of halogens is 4. The van der Waals surface area contributed by atoms with Crippen LogP contribution in [0.3, 0.4) is 0 Å². The van der Waals surface area contributed by atoms with Gasteiger partial charge < -0.3 is 10.4 Å². The number of carboxylic acids is 1. The smallest absolute Gasteiger partial charge is 0.475 e. The Balaban J connectivity index is 0.000000318. The summed E-state index contributed by atoms with van der Waals surface area (Å²) < 4.78 is 32.9. The van der Waals surface area contributed by atoms with Gasteiger partial charge in [-0.25, -0.2) is 4.79 Å². The molecule has 4 rings (SSSR count). The number of aliphatic carboxylic acids is 1. The Kier molecular flexibility index (Phi) is 7.36. The maximum Gasteiger partial charge on any atom is 0.490 e. The number of thiophene rings is 1. The third-order valence-corrected chi connectivity index (χ3v) is 6.25. The van der Waals surface area contributed by atoms with E-state index in [9.17, 15) is 13.2 Å². The highest BCUT2D eigenvalue weighted by Gasteiger charge is 2.38. The molecule has 2 aromatic carbocycles. The number of carbonyl (C=O) groups is 1. The van der Waals surface area contributed by atoms with Crippen LogP contribution in [0.4, 0.5) is 13.2 Å². The van der Waals surface area contributed by atoms with Crippen molar-refractivity contribution in [3.63, 3.8) is 0 Å². The summed E-state index contributed by atoms with van der Waals surface area (Å²) in [6.45, 7) is 5.51. The third-order valence-electron chi connectivity index (χ3n) is 4.59. The van der Waals surface area contributed by atoms with Crippen LogP contribution in [0, 0.1) is 0 Å². The van der Waals surface area contributed by atoms with Crippen LogP contribution in [0.15, 0.2) is 48.5 Å². The summed E-state index contributed by atoms with van der Waals surface area (Å²) >= 11 is 8.06. The summed E-state index contributed by atoms with van der Waals surface area (Å²) in [5.41, 5.74) is 2.65. The van der Waals surface area contributed by atoms with Crippen LogP contribution in [0.2, 0.25) is 5.02 Å². The molecule has 0 aliphatic carbocycles. The third kappa shape index (κ3) is 5.95. The largest absolute Gasteiger partial charge is 0.490 e. The summed E-state index contributed by atoms with van der Waals surface area (Å²) in [4.78, 5) is 12.7. The molecule has 1 fully saturated rings. The summed E-state index contributed by atoms with van der Waals surface area (Å²) in [7, 11) is 0. The molecule has 1 saturated heterocycles. The van der Waals surface area contributed by atoms with E-state index in [1.807, 2.05) is 12.1 Å². The fourth-order valence-electron chi connectivity index (χ4n) is 3.07. The lowest BCUT2D eigenvalue weighted by atomic mass is 10.1. The van der Waals surface area contributed by atoms with Gasteiger partial charge in [-0.3, -0.25) is 4.90 Å². The van der Waals surface area contributed by atoms with Crippen LogP contribution in [0.25, 0.3) is 20.5 Å². The van der Waals surface area contributed by atoms with Crippen molar-refractivity contribution in [3.05, 3.63) is 59.1 Å². The van der Waals surface area contributed by atoms with Crippen LogP contribution in [-0.2, 0) is 11.3 Å². The second-order valence-corrected chi connectivity index (χ2v) is 8.25. The lowest BCUT2D eigenvalue weighted by molar-refractivity contribution is -0.192. The van der Waals surface area contributed by atoms with E-state index in [1.54, 1.807) is 11.3 Å². The second kappa shape index (κ2) is 9.78. The number of nitrogens with zero attached hydrogens (tertiary/aromatic N) is 1. The molecule has 9 heteroatoms. The number of hydrogen-bond acceptors (Lipinski definition) is 4. The number of carboxylic acid groups (broad SMARTS) is 1. The van der Waals surface area contributed by atoms with E-state index in [2.05, 4.69) is 46.6 Å². The van der Waals surface area contributed by atoms with Gasteiger partial charge in [-0.05, 0) is 28.6 Å². The zero-order chi connectivity index (χ0) is 21.7. The van der Waals surface area contributed by atoms with Crippen molar-refractivity contribution in [2.45, 2.75) is 12.7 Å². The first-order valence-electron chi connectivity index (χ1n) is 9.24. The number of fused-ring (bicyclic) bond motifs is 1. The number of nitrogens with one attached hydrogen (secondary N) is 1. The maximum atomic E-state index is 10.6. The second-order valence-electron chi connectivity index (χ2n) is 6.79. The lowest BCUT2D eigenvalue weighted by Crippen LogP contribution is -2.42. The van der Waals surface area contributed by atoms with Crippen LogP contribution in [0.1, 0.15) is 5.56 Å². The van der Waals surface area contributed by atoms with Crippen LogP contribution < -0.4 is 5.32 Å². The molecule has 0 amide bonds. The Morgan fingerprint density at radius 3 is 2.33 bits per heavy atom. The minimum atomic E-state index is -5.08. The van der Waals surface area contributed by atoms with E-state index < -0.39 is 12.1 Å². The summed E-state index contributed by atoms with van der Waals surface area (Å²) in [5, 5.41) is 12.6. The highest BCUT2D eigenvalue weighted by Crippen LogP contribution is 2.37. The molecule has 3 aromatic rings. The van der Waals surface area contributed by atoms with E-state index in [1.165, 1.54) is 26.1 Å². The van der Waals surface area contributed by atoms with Crippen molar-refractivity contribution in [2.75, 3.05) is 26.2 Å². The first kappa shape index (κ1) is 22.6. The highest BCUT2D eigenvalue weighted by molar-refractivity contribution is 7.22. The predicted octanol–water partition coefficient (Wildman–Crippen LogP) is 5.26. The Bertz CT molecular complexity index is 1000. The zero-order valence-corrected chi connectivity index (χ0v) is 17.4. The van der Waals surface area contributed by atoms with E-state index in [-0.39, 0.29) is 0 Å². The summed E-state index contributed by atoms with van der Waals surface area (Å²) in [6, 6.07) is 17.3. The van der Waals surface area contributed by atoms with E-state index in [4.69, 9.17) is 21.5 Å². The topological polar surface area (TPSA) is 52.6 Å². The number of piperazine rings is 1. The van der Waals surface area contributed by atoms with E-state index in [0.717, 1.165) is 37.7 Å². The molecule has 0 atom stereocenters. The molecule has 0 spiro atoms. The van der Waals surface area contributed by atoms with Crippen molar-refractivity contribution in [2.24, 2.45) is 0 Å². The van der Waals surface area contributed by atoms with Crippen LogP contribution in [0.5, 0.6) is 0 Å². The number of alkyl halides is 3. The maximum absolute atomic E-state index is 10.6. The van der Waals surface area contributed by atoms with Gasteiger partial charge in [0.2, 0.25) is 0 Å². The van der Waals surface area contributed by atoms with Crippen molar-refractivity contribution in [3.8, 4) is 10.4 Å². The Hall–Kier alpha value is -2.13. The average Bonchev–Trinajstić information content (AvgIpc) is 3.15. The minimum absolute atomic E-state index is 0.842. The van der Waals surface area contributed by atoms with E-state index >= 15 is 0 Å². The van der Waals surface area contributed by atoms with Gasteiger partial charge >= 0.3 is 12.1 Å². The monoisotopic (exact) mass is 456 g/mol. The quantitative estimate of drug-likeness (QED) is 0.564. The molecule has 2 heterocycles. The van der Waals surface area contributed by atoms with Gasteiger partial charge in [-0.1, -0.05) is 48.0 Å². The van der Waals surface area contributed by atoms with Crippen molar-refractivity contribution in [1.29, 1.82) is 0 Å². The van der Waals surface area contributed by atoms with Crippen molar-refractivity contribution < 1.29 is 23.1 Å². The first-order chi connectivity index (χ1) is 14.2. The molecular weight excluding hydrogens is 437 g/mol. The number of benzene rings is 2. The first-order valence-corrected chi connectivity index (χ1v) is 10.4. The zero-order valence-electron chi connectivity index (χ0n) is 15.9. The van der Waals surface area contributed by atoms with Gasteiger partial charge in [0, 0.05) is 37.6 Å². The van der Waals surface area contributed by atoms with E-state index in [0.29, 0.717) is 0 Å². The molecule has 1 aliphatic rings. The lowest BCUT2D eigenvalue weighted by Gasteiger charge is -2.27. The van der Waals surface area contributed by atoms with Gasteiger partial charge in [0.15, 0.2) is 0 Å². The normalized spacial score (nSPS) is 14.9. The Morgan fingerprint density at radius 1 is 1.13 bits per heavy atom. The SMILES string of the molecule is Clc1cccc2cc(-c3ccc(CN4CCNCC4)cc3)sc12.O=C(O)C(F)(F)F. The number of hydrogen-bond donors (Lipinski definition) is 2. The molecule has 1 aliphatic heterocycles. The standard InChI is InChI=1S/C19H19ClN2S.C2HF3O2/c20-17-3-1-2-16-12-18(23-19(16)17)15-6-4-14(5-7-15)13-22-10-8-21-9-11-22;3-2(4,5)1(6)7/h1-7,12,21H,8-11,13H2;(H,6,7). The van der Waals surface area contributed by atoms with Crippen molar-refractivity contribution >= 4 is 39.0 Å².